The first-order valence-corrected chi connectivity index (χ1v) is 6.52. The molecular weight excluding hydrogens is 214 g/mol. The summed E-state index contributed by atoms with van der Waals surface area (Å²) in [7, 11) is 0. The number of furan rings is 1. The quantitative estimate of drug-likeness (QED) is 0.874. The second-order valence-corrected chi connectivity index (χ2v) is 5.95. The molecule has 4 atom stereocenters. The van der Waals surface area contributed by atoms with Gasteiger partial charge in [-0.05, 0) is 25.5 Å². The molecule has 1 aliphatic heterocycles. The standard InChI is InChI=1S/C14H21NO2/c1-9(11-5-4-7-16-11)15-12-10-6-8-17-13(10)14(12,2)3/h4-5,7,9-10,12-13,15H,6,8H2,1-3H3. The molecule has 0 bridgehead atoms. The Hall–Kier alpha value is -0.800. The van der Waals surface area contributed by atoms with Gasteiger partial charge in [0.1, 0.15) is 5.76 Å². The lowest BCUT2D eigenvalue weighted by Crippen LogP contribution is -2.66. The summed E-state index contributed by atoms with van der Waals surface area (Å²) in [4.78, 5) is 0. The van der Waals surface area contributed by atoms with Crippen molar-refractivity contribution in [1.29, 1.82) is 0 Å². The van der Waals surface area contributed by atoms with Crippen LogP contribution in [0.25, 0.3) is 0 Å². The lowest BCUT2D eigenvalue weighted by Gasteiger charge is -2.55. The van der Waals surface area contributed by atoms with Gasteiger partial charge in [0, 0.05) is 24.0 Å². The zero-order valence-corrected chi connectivity index (χ0v) is 10.8. The van der Waals surface area contributed by atoms with Gasteiger partial charge in [0.2, 0.25) is 0 Å². The monoisotopic (exact) mass is 235 g/mol. The van der Waals surface area contributed by atoms with Gasteiger partial charge < -0.3 is 14.5 Å². The SMILES string of the molecule is CC(NC1C2CCOC2C1(C)C)c1ccco1. The molecule has 1 aromatic rings. The van der Waals surface area contributed by atoms with Crippen molar-refractivity contribution in [2.75, 3.05) is 6.61 Å². The van der Waals surface area contributed by atoms with E-state index in [0.717, 1.165) is 12.4 Å². The number of fused-ring (bicyclic) bond motifs is 1. The maximum absolute atomic E-state index is 5.81. The highest BCUT2D eigenvalue weighted by Crippen LogP contribution is 2.52. The molecule has 3 heteroatoms. The van der Waals surface area contributed by atoms with Gasteiger partial charge in [0.15, 0.2) is 0 Å². The third-order valence-corrected chi connectivity index (χ3v) is 4.50. The second kappa shape index (κ2) is 3.85. The van der Waals surface area contributed by atoms with E-state index in [0.29, 0.717) is 18.1 Å². The minimum absolute atomic E-state index is 0.238. The molecule has 94 valence electrons. The fourth-order valence-electron chi connectivity index (χ4n) is 3.55. The normalized spacial score (nSPS) is 36.3. The molecule has 1 saturated heterocycles. The van der Waals surface area contributed by atoms with E-state index >= 15 is 0 Å². The number of nitrogens with one attached hydrogen (secondary N) is 1. The van der Waals surface area contributed by atoms with Gasteiger partial charge >= 0.3 is 0 Å². The minimum atomic E-state index is 0.238. The van der Waals surface area contributed by atoms with E-state index < -0.39 is 0 Å². The van der Waals surface area contributed by atoms with Crippen molar-refractivity contribution in [2.24, 2.45) is 11.3 Å². The Labute approximate surface area is 103 Å². The van der Waals surface area contributed by atoms with E-state index in [2.05, 4.69) is 26.1 Å². The summed E-state index contributed by atoms with van der Waals surface area (Å²) in [6.45, 7) is 7.68. The number of ether oxygens (including phenoxy) is 1. The van der Waals surface area contributed by atoms with E-state index in [9.17, 15) is 0 Å². The summed E-state index contributed by atoms with van der Waals surface area (Å²) in [6.07, 6.45) is 3.38. The maximum Gasteiger partial charge on any atom is 0.120 e. The Balaban J connectivity index is 1.69. The van der Waals surface area contributed by atoms with E-state index in [-0.39, 0.29) is 11.5 Å². The maximum atomic E-state index is 5.81. The van der Waals surface area contributed by atoms with Crippen LogP contribution in [-0.4, -0.2) is 18.8 Å². The van der Waals surface area contributed by atoms with E-state index in [1.54, 1.807) is 6.26 Å². The third kappa shape index (κ3) is 1.64. The average Bonchev–Trinajstić information content (AvgIpc) is 2.95. The molecule has 3 nitrogen and oxygen atoms in total. The zero-order chi connectivity index (χ0) is 12.0. The molecule has 2 heterocycles. The molecule has 1 saturated carbocycles. The van der Waals surface area contributed by atoms with Crippen LogP contribution in [0.2, 0.25) is 0 Å². The van der Waals surface area contributed by atoms with Gasteiger partial charge in [0.05, 0.1) is 18.4 Å². The van der Waals surface area contributed by atoms with Crippen LogP contribution in [0.5, 0.6) is 0 Å². The van der Waals surface area contributed by atoms with Crippen molar-refractivity contribution in [1.82, 2.24) is 5.32 Å². The first-order chi connectivity index (χ1) is 8.10. The van der Waals surface area contributed by atoms with Crippen molar-refractivity contribution < 1.29 is 9.15 Å². The van der Waals surface area contributed by atoms with Crippen LogP contribution in [0, 0.1) is 11.3 Å². The van der Waals surface area contributed by atoms with Crippen LogP contribution in [0.1, 0.15) is 39.0 Å². The Morgan fingerprint density at radius 1 is 1.47 bits per heavy atom. The first-order valence-electron chi connectivity index (χ1n) is 6.52. The van der Waals surface area contributed by atoms with Gasteiger partial charge in [-0.25, -0.2) is 0 Å². The van der Waals surface area contributed by atoms with Gasteiger partial charge in [-0.2, -0.15) is 0 Å². The van der Waals surface area contributed by atoms with Crippen LogP contribution in [-0.2, 0) is 4.74 Å². The Kier molecular flexibility index (Phi) is 2.56. The Morgan fingerprint density at radius 3 is 3.00 bits per heavy atom. The zero-order valence-electron chi connectivity index (χ0n) is 10.8. The molecule has 0 radical (unpaired) electrons. The van der Waals surface area contributed by atoms with Crippen molar-refractivity contribution >= 4 is 0 Å². The molecular formula is C14H21NO2. The van der Waals surface area contributed by atoms with Crippen LogP contribution < -0.4 is 5.32 Å². The van der Waals surface area contributed by atoms with Crippen molar-refractivity contribution in [3.63, 3.8) is 0 Å². The molecule has 1 aliphatic carbocycles. The summed E-state index contributed by atoms with van der Waals surface area (Å²) in [6, 6.07) is 4.79. The van der Waals surface area contributed by atoms with Gasteiger partial charge in [-0.15, -0.1) is 0 Å². The highest BCUT2D eigenvalue weighted by Gasteiger charge is 2.59. The number of hydrogen-bond donors (Lipinski definition) is 1. The molecule has 2 aliphatic rings. The number of rotatable bonds is 3. The largest absolute Gasteiger partial charge is 0.468 e. The molecule has 0 aromatic carbocycles. The third-order valence-electron chi connectivity index (χ3n) is 4.50. The Bertz CT molecular complexity index is 385. The van der Waals surface area contributed by atoms with Crippen LogP contribution >= 0.6 is 0 Å². The average molecular weight is 235 g/mol. The minimum Gasteiger partial charge on any atom is -0.468 e. The molecule has 0 amide bonds. The van der Waals surface area contributed by atoms with Gasteiger partial charge in [0.25, 0.3) is 0 Å². The predicted molar refractivity (Wildman–Crippen MR) is 65.7 cm³/mol. The van der Waals surface area contributed by atoms with Gasteiger partial charge in [-0.3, -0.25) is 0 Å². The van der Waals surface area contributed by atoms with Crippen LogP contribution in [0.15, 0.2) is 22.8 Å². The molecule has 1 aromatic heterocycles. The summed E-state index contributed by atoms with van der Waals surface area (Å²) < 4.78 is 11.3. The first kappa shape index (κ1) is 11.3. The van der Waals surface area contributed by atoms with Crippen molar-refractivity contribution in [3.05, 3.63) is 24.2 Å². The van der Waals surface area contributed by atoms with Crippen LogP contribution in [0.3, 0.4) is 0 Å². The molecule has 4 unspecified atom stereocenters. The summed E-state index contributed by atoms with van der Waals surface area (Å²) in [5.41, 5.74) is 0.238. The summed E-state index contributed by atoms with van der Waals surface area (Å²) in [5, 5.41) is 3.71. The highest BCUT2D eigenvalue weighted by atomic mass is 16.5. The second-order valence-electron chi connectivity index (χ2n) is 5.95. The molecule has 2 fully saturated rings. The van der Waals surface area contributed by atoms with E-state index in [1.807, 2.05) is 12.1 Å². The van der Waals surface area contributed by atoms with E-state index in [1.165, 1.54) is 6.42 Å². The molecule has 3 rings (SSSR count). The lowest BCUT2D eigenvalue weighted by molar-refractivity contribution is -0.115. The molecule has 1 N–H and O–H groups in total. The Morgan fingerprint density at radius 2 is 2.29 bits per heavy atom. The molecule has 17 heavy (non-hydrogen) atoms. The van der Waals surface area contributed by atoms with Crippen LogP contribution in [0.4, 0.5) is 0 Å². The predicted octanol–water partition coefficient (Wildman–Crippen LogP) is 2.74. The fraction of sp³-hybridized carbons (Fsp3) is 0.714. The number of hydrogen-bond acceptors (Lipinski definition) is 3. The summed E-state index contributed by atoms with van der Waals surface area (Å²) in [5.74, 6) is 1.70. The highest BCUT2D eigenvalue weighted by molar-refractivity contribution is 5.13. The molecule has 0 spiro atoms. The summed E-state index contributed by atoms with van der Waals surface area (Å²) >= 11 is 0. The topological polar surface area (TPSA) is 34.4 Å². The van der Waals surface area contributed by atoms with E-state index in [4.69, 9.17) is 9.15 Å². The smallest absolute Gasteiger partial charge is 0.120 e. The fourth-order valence-corrected chi connectivity index (χ4v) is 3.55. The lowest BCUT2D eigenvalue weighted by atomic mass is 9.57. The van der Waals surface area contributed by atoms with Crippen molar-refractivity contribution in [3.8, 4) is 0 Å². The van der Waals surface area contributed by atoms with Crippen molar-refractivity contribution in [2.45, 2.75) is 45.4 Å². The van der Waals surface area contributed by atoms with Gasteiger partial charge in [-0.1, -0.05) is 13.8 Å².